The first-order valence-electron chi connectivity index (χ1n) is 8.04. The van der Waals surface area contributed by atoms with E-state index in [0.29, 0.717) is 24.3 Å². The number of nitrogens with zero attached hydrogens (tertiary/aromatic N) is 1. The molecule has 0 aromatic heterocycles. The zero-order chi connectivity index (χ0) is 18.2. The van der Waals surface area contributed by atoms with Crippen LogP contribution in [0.5, 0.6) is 0 Å². The number of amides is 1. The number of carboxylic acids is 1. The second-order valence-corrected chi connectivity index (χ2v) is 7.58. The van der Waals surface area contributed by atoms with Gasteiger partial charge in [-0.15, -0.1) is 0 Å². The van der Waals surface area contributed by atoms with E-state index in [2.05, 4.69) is 0 Å². The lowest BCUT2D eigenvalue weighted by atomic mass is 10.0. The fourth-order valence-electron chi connectivity index (χ4n) is 3.31. The maximum absolute atomic E-state index is 12.8. The van der Waals surface area contributed by atoms with E-state index in [4.69, 9.17) is 5.11 Å². The van der Waals surface area contributed by atoms with E-state index in [9.17, 15) is 22.8 Å². The smallest absolute Gasteiger partial charge is 0.416 e. The summed E-state index contributed by atoms with van der Waals surface area (Å²) in [5, 5.41) is 9.00. The number of carboxylic acid groups (broad SMARTS) is 1. The average Bonchev–Trinajstić information content (AvgIpc) is 3.34. The number of carbonyl (C=O) groups excluding carboxylic acids is 1. The summed E-state index contributed by atoms with van der Waals surface area (Å²) >= 11 is 1.62. The standard InChI is InChI=1S/C17H18F3NO3S/c18-17(19,20)11-3-1-2-10(6-11)13-8-14(13)16(24)21-4-5-25-9-12(21)7-15(22)23/h1-3,6,12-14H,4-5,7-9H2,(H,22,23). The number of halogens is 3. The number of thioether (sulfide) groups is 1. The average molecular weight is 373 g/mol. The second-order valence-electron chi connectivity index (χ2n) is 6.43. The topological polar surface area (TPSA) is 57.6 Å². The highest BCUT2D eigenvalue weighted by atomic mass is 32.2. The van der Waals surface area contributed by atoms with Gasteiger partial charge in [-0.1, -0.05) is 18.2 Å². The van der Waals surface area contributed by atoms with E-state index in [0.717, 1.165) is 17.9 Å². The fourth-order valence-corrected chi connectivity index (χ4v) is 4.37. The predicted octanol–water partition coefficient (Wildman–Crippen LogP) is 3.23. The molecule has 1 aromatic carbocycles. The van der Waals surface area contributed by atoms with Gasteiger partial charge < -0.3 is 10.0 Å². The maximum Gasteiger partial charge on any atom is 0.416 e. The molecule has 8 heteroatoms. The van der Waals surface area contributed by atoms with Gasteiger partial charge in [-0.25, -0.2) is 0 Å². The summed E-state index contributed by atoms with van der Waals surface area (Å²) in [5.41, 5.74) is -0.185. The molecule has 3 rings (SSSR count). The highest BCUT2D eigenvalue weighted by Crippen LogP contribution is 2.49. The molecule has 1 saturated carbocycles. The Morgan fingerprint density at radius 1 is 1.32 bits per heavy atom. The van der Waals surface area contributed by atoms with E-state index < -0.39 is 17.7 Å². The van der Waals surface area contributed by atoms with Crippen molar-refractivity contribution in [1.82, 2.24) is 4.90 Å². The maximum atomic E-state index is 12.8. The molecule has 1 aliphatic carbocycles. The SMILES string of the molecule is O=C(O)CC1CSCCN1C(=O)C1CC1c1cccc(C(F)(F)F)c1. The first kappa shape index (κ1) is 18.1. The molecule has 3 atom stereocenters. The van der Waals surface area contributed by atoms with Crippen molar-refractivity contribution in [1.29, 1.82) is 0 Å². The Morgan fingerprint density at radius 3 is 2.76 bits per heavy atom. The van der Waals surface area contributed by atoms with Crippen LogP contribution < -0.4 is 0 Å². The molecule has 1 saturated heterocycles. The van der Waals surface area contributed by atoms with Gasteiger partial charge >= 0.3 is 12.1 Å². The van der Waals surface area contributed by atoms with Crippen LogP contribution in [-0.4, -0.2) is 46.0 Å². The van der Waals surface area contributed by atoms with Crippen LogP contribution in [0.1, 0.15) is 29.9 Å². The monoisotopic (exact) mass is 373 g/mol. The zero-order valence-electron chi connectivity index (χ0n) is 13.3. The molecule has 1 amide bonds. The predicted molar refractivity (Wildman–Crippen MR) is 87.4 cm³/mol. The summed E-state index contributed by atoms with van der Waals surface area (Å²) in [7, 11) is 0. The number of carbonyl (C=O) groups is 2. The number of rotatable bonds is 4. The fraction of sp³-hybridized carbons (Fsp3) is 0.529. The summed E-state index contributed by atoms with van der Waals surface area (Å²) in [6.45, 7) is 0.493. The first-order valence-corrected chi connectivity index (χ1v) is 9.20. The first-order chi connectivity index (χ1) is 11.8. The minimum absolute atomic E-state index is 0.0975. The summed E-state index contributed by atoms with van der Waals surface area (Å²) in [4.78, 5) is 25.3. The zero-order valence-corrected chi connectivity index (χ0v) is 14.1. The molecule has 1 heterocycles. The molecule has 0 radical (unpaired) electrons. The Bertz CT molecular complexity index is 679. The van der Waals surface area contributed by atoms with Gasteiger partial charge in [0.1, 0.15) is 0 Å². The number of benzene rings is 1. The number of alkyl halides is 3. The Kier molecular flexibility index (Phi) is 4.99. The van der Waals surface area contributed by atoms with Gasteiger partial charge in [0.15, 0.2) is 0 Å². The molecule has 1 aliphatic heterocycles. The van der Waals surface area contributed by atoms with Crippen LogP contribution in [0.3, 0.4) is 0 Å². The van der Waals surface area contributed by atoms with Gasteiger partial charge in [0.2, 0.25) is 5.91 Å². The van der Waals surface area contributed by atoms with Gasteiger partial charge in [0.05, 0.1) is 18.0 Å². The highest BCUT2D eigenvalue weighted by Gasteiger charge is 2.47. The molecule has 1 N–H and O–H groups in total. The lowest BCUT2D eigenvalue weighted by Crippen LogP contribution is -2.47. The van der Waals surface area contributed by atoms with Crippen molar-refractivity contribution in [3.05, 3.63) is 35.4 Å². The Labute approximate surface area is 147 Å². The van der Waals surface area contributed by atoms with Crippen LogP contribution in [0.2, 0.25) is 0 Å². The quantitative estimate of drug-likeness (QED) is 0.880. The van der Waals surface area contributed by atoms with E-state index in [1.165, 1.54) is 6.07 Å². The lowest BCUT2D eigenvalue weighted by Gasteiger charge is -2.35. The molecule has 1 aromatic rings. The molecular formula is C17H18F3NO3S. The third-order valence-corrected chi connectivity index (χ3v) is 5.76. The van der Waals surface area contributed by atoms with Crippen LogP contribution in [0.4, 0.5) is 13.2 Å². The Hall–Kier alpha value is -1.70. The molecule has 2 fully saturated rings. The highest BCUT2D eigenvalue weighted by molar-refractivity contribution is 7.99. The molecule has 4 nitrogen and oxygen atoms in total. The van der Waals surface area contributed by atoms with E-state index in [1.54, 1.807) is 22.7 Å². The van der Waals surface area contributed by atoms with Crippen LogP contribution in [0, 0.1) is 5.92 Å². The largest absolute Gasteiger partial charge is 0.481 e. The molecular weight excluding hydrogens is 355 g/mol. The van der Waals surface area contributed by atoms with E-state index >= 15 is 0 Å². The van der Waals surface area contributed by atoms with Crippen LogP contribution in [0.25, 0.3) is 0 Å². The normalized spacial score (nSPS) is 26.4. The molecule has 2 aliphatic rings. The molecule has 0 bridgehead atoms. The van der Waals surface area contributed by atoms with Gasteiger partial charge in [-0.05, 0) is 24.0 Å². The third-order valence-electron chi connectivity index (χ3n) is 4.67. The minimum atomic E-state index is -4.40. The van der Waals surface area contributed by atoms with Crippen molar-refractivity contribution in [2.24, 2.45) is 5.92 Å². The third kappa shape index (κ3) is 4.11. The van der Waals surface area contributed by atoms with Crippen LogP contribution in [0.15, 0.2) is 24.3 Å². The number of aliphatic carboxylic acids is 1. The summed E-state index contributed by atoms with van der Waals surface area (Å²) in [6, 6.07) is 4.77. The second kappa shape index (κ2) is 6.90. The minimum Gasteiger partial charge on any atom is -0.481 e. The van der Waals surface area contributed by atoms with Crippen molar-refractivity contribution in [3.8, 4) is 0 Å². The lowest BCUT2D eigenvalue weighted by molar-refractivity contribution is -0.141. The molecule has 25 heavy (non-hydrogen) atoms. The number of hydrogen-bond donors (Lipinski definition) is 1. The summed E-state index contributed by atoms with van der Waals surface area (Å²) in [6.07, 6.45) is -3.98. The van der Waals surface area contributed by atoms with Crippen molar-refractivity contribution in [2.75, 3.05) is 18.1 Å². The van der Waals surface area contributed by atoms with Gasteiger partial charge in [0.25, 0.3) is 0 Å². The number of hydrogen-bond acceptors (Lipinski definition) is 3. The van der Waals surface area contributed by atoms with Crippen molar-refractivity contribution >= 4 is 23.6 Å². The van der Waals surface area contributed by atoms with Crippen LogP contribution in [-0.2, 0) is 15.8 Å². The Morgan fingerprint density at radius 2 is 2.08 bits per heavy atom. The van der Waals surface area contributed by atoms with Crippen molar-refractivity contribution in [2.45, 2.75) is 31.0 Å². The Balaban J connectivity index is 1.70. The molecule has 0 spiro atoms. The van der Waals surface area contributed by atoms with Gasteiger partial charge in [-0.2, -0.15) is 24.9 Å². The van der Waals surface area contributed by atoms with E-state index in [1.807, 2.05) is 0 Å². The molecule has 136 valence electrons. The van der Waals surface area contributed by atoms with Crippen LogP contribution >= 0.6 is 11.8 Å². The summed E-state index contributed by atoms with van der Waals surface area (Å²) < 4.78 is 38.5. The summed E-state index contributed by atoms with van der Waals surface area (Å²) in [5.74, 6) is -0.302. The van der Waals surface area contributed by atoms with Crippen molar-refractivity contribution < 1.29 is 27.9 Å². The van der Waals surface area contributed by atoms with E-state index in [-0.39, 0.29) is 30.2 Å². The van der Waals surface area contributed by atoms with Gasteiger partial charge in [0, 0.05) is 24.0 Å². The van der Waals surface area contributed by atoms with Gasteiger partial charge in [-0.3, -0.25) is 9.59 Å². The van der Waals surface area contributed by atoms with Crippen molar-refractivity contribution in [3.63, 3.8) is 0 Å². The molecule has 3 unspecified atom stereocenters.